The number of aromatic nitrogens is 2. The highest BCUT2D eigenvalue weighted by atomic mass is 16.1. The minimum absolute atomic E-state index is 0.0631. The van der Waals surface area contributed by atoms with Crippen LogP contribution in [-0.4, -0.2) is 138 Å². The molecule has 1 heterocycles. The lowest BCUT2D eigenvalue weighted by Crippen LogP contribution is -2.48. The maximum Gasteiger partial charge on any atom is 0.149 e. The van der Waals surface area contributed by atoms with Crippen LogP contribution in [0.1, 0.15) is 492 Å². The number of nitrogens with zero attached hydrogens (tertiary/aromatic N) is 5. The molecule has 12 heteroatoms. The molecule has 0 fully saturated rings. The first-order valence-electron chi connectivity index (χ1n) is 50.5. The lowest BCUT2D eigenvalue weighted by atomic mass is 9.68. The van der Waals surface area contributed by atoms with E-state index >= 15 is 0 Å². The minimum Gasteiger partial charge on any atom is -0.313 e. The van der Waals surface area contributed by atoms with Gasteiger partial charge in [0.15, 0.2) is 0 Å². The van der Waals surface area contributed by atoms with Crippen molar-refractivity contribution in [3.05, 3.63) is 127 Å². The Morgan fingerprint density at radius 1 is 0.271 bits per heavy atom. The van der Waals surface area contributed by atoms with Crippen molar-refractivity contribution < 1.29 is 14.4 Å². The number of Topliss-reactive ketones (excluding diaryl/α,β-unsaturated/α-hetero) is 3. The van der Waals surface area contributed by atoms with Gasteiger partial charge in [0.2, 0.25) is 0 Å². The predicted molar refractivity (Wildman–Crippen MR) is 575 cm³/mol. The Morgan fingerprint density at radius 2 is 0.535 bits per heavy atom. The summed E-state index contributed by atoms with van der Waals surface area (Å²) in [7, 11) is 0. The molecule has 3 aromatic carbocycles. The van der Waals surface area contributed by atoms with E-state index in [2.05, 4.69) is 449 Å². The number of hydrogen-bond acceptors (Lipinski definition) is 12. The summed E-state index contributed by atoms with van der Waals surface area (Å²) in [5.41, 5.74) is 20.0. The lowest BCUT2D eigenvalue weighted by molar-refractivity contribution is -0.128. The van der Waals surface area contributed by atoms with E-state index in [4.69, 9.17) is 0 Å². The van der Waals surface area contributed by atoms with E-state index in [1.165, 1.54) is 68.5 Å². The zero-order valence-corrected chi connectivity index (χ0v) is 96.5. The van der Waals surface area contributed by atoms with Crippen LogP contribution in [0, 0.1) is 28.6 Å². The van der Waals surface area contributed by atoms with Gasteiger partial charge in [0.1, 0.15) is 23.2 Å². The number of rotatable bonds is 29. The molecule has 0 amide bonds. The topological polar surface area (TPSA) is 135 Å². The molecule has 0 atom stereocenters. The summed E-state index contributed by atoms with van der Waals surface area (Å²) < 4.78 is 0. The quantitative estimate of drug-likeness (QED) is 0.0386. The van der Waals surface area contributed by atoms with Gasteiger partial charge in [0.05, 0.1) is 19.6 Å². The number of ketones is 3. The average molecular weight is 1800 g/mol. The van der Waals surface area contributed by atoms with Crippen LogP contribution in [0.4, 0.5) is 0 Å². The summed E-state index contributed by atoms with van der Waals surface area (Å²) in [6.07, 6.45) is 2.66. The van der Waals surface area contributed by atoms with Gasteiger partial charge in [-0.2, -0.15) is 0 Å². The molecule has 750 valence electrons. The molecule has 4 N–H and O–H groups in total. The molecule has 0 saturated carbocycles. The number of nitrogens with one attached hydrogen (secondary N) is 4. The fraction of sp³-hybridized carbons (Fsp3) is 0.786. The Hall–Kier alpha value is -4.53. The van der Waals surface area contributed by atoms with Gasteiger partial charge in [-0.05, 0) is 173 Å². The van der Waals surface area contributed by atoms with Crippen LogP contribution in [-0.2, 0) is 73.9 Å². The Bertz CT molecular complexity index is 3540. The molecule has 1 aromatic heterocycles. The molecule has 0 aliphatic heterocycles. The monoisotopic (exact) mass is 1800 g/mol. The second kappa shape index (κ2) is 53.8. The van der Waals surface area contributed by atoms with Gasteiger partial charge in [-0.3, -0.25) is 29.1 Å². The number of benzene rings is 3. The summed E-state index contributed by atoms with van der Waals surface area (Å²) in [5.74, 6) is 1.77. The highest BCUT2D eigenvalue weighted by Crippen LogP contribution is 2.44. The minimum atomic E-state index is -0.0780. The molecule has 0 aliphatic rings. The Morgan fingerprint density at radius 3 is 0.744 bits per heavy atom. The van der Waals surface area contributed by atoms with E-state index in [9.17, 15) is 14.4 Å². The Labute approximate surface area is 804 Å². The average Bonchev–Trinajstić information content (AvgIpc) is 0.750. The molecule has 4 rings (SSSR count). The third kappa shape index (κ3) is 55.9. The van der Waals surface area contributed by atoms with E-state index in [1.807, 2.05) is 41.5 Å². The molecule has 0 spiro atoms. The molecule has 129 heavy (non-hydrogen) atoms. The highest BCUT2D eigenvalue weighted by molar-refractivity contribution is 5.88. The van der Waals surface area contributed by atoms with E-state index in [-0.39, 0.29) is 114 Å². The summed E-state index contributed by atoms with van der Waals surface area (Å²) in [4.78, 5) is 51.4. The Kier molecular flexibility index (Phi) is 53.7. The van der Waals surface area contributed by atoms with Gasteiger partial charge in [-0.15, -0.1) is 0 Å². The van der Waals surface area contributed by atoms with Crippen LogP contribution >= 0.6 is 0 Å². The van der Waals surface area contributed by atoms with Crippen molar-refractivity contribution in [1.82, 2.24) is 45.9 Å². The van der Waals surface area contributed by atoms with Crippen LogP contribution in [0.5, 0.6) is 0 Å². The summed E-state index contributed by atoms with van der Waals surface area (Å²) in [6.45, 7) is 136. The van der Waals surface area contributed by atoms with Crippen molar-refractivity contribution in [1.29, 1.82) is 0 Å². The first-order valence-corrected chi connectivity index (χ1v) is 50.5. The van der Waals surface area contributed by atoms with Crippen LogP contribution in [0.2, 0.25) is 0 Å². The van der Waals surface area contributed by atoms with Crippen molar-refractivity contribution in [2.75, 3.05) is 72.2 Å². The molecule has 0 saturated heterocycles. The van der Waals surface area contributed by atoms with E-state index in [0.29, 0.717) is 46.8 Å². The third-order valence-electron chi connectivity index (χ3n) is 22.9. The van der Waals surface area contributed by atoms with Gasteiger partial charge < -0.3 is 21.3 Å². The lowest BCUT2D eigenvalue weighted by Gasteiger charge is -2.37. The van der Waals surface area contributed by atoms with Crippen LogP contribution < -0.4 is 21.3 Å². The van der Waals surface area contributed by atoms with Crippen molar-refractivity contribution in [3.8, 4) is 0 Å². The SMILES string of the molecule is CC(C)(C)CCC(C)(C)C.CC(C)(C)c1cc(C(C)(C)C)c(C(C)(C)C)cc1C(C)(C)C.CC(C)(C)c1cc(C(C)(C)C)cc(C(C)(C)C)c1.CC(C)(C)c1ccc(C(C)(C)C)c(C(C)(C)C)c1.CC(C)C(=O)CN(CC(=O)C(C)C)CC(=O)C(C)C.CC(C)NCCN(CCN(CCNC(C)C)CNC(C)C)CNC(C)C.CC(C)c1cc(C(C)(C)C)nc(C(C)C)n1. The van der Waals surface area contributed by atoms with E-state index in [1.54, 1.807) is 4.90 Å². The summed E-state index contributed by atoms with van der Waals surface area (Å²) in [5, 5.41) is 14.2. The molecule has 4 aromatic rings. The van der Waals surface area contributed by atoms with Gasteiger partial charge in [0, 0.05) is 117 Å². The van der Waals surface area contributed by atoms with Gasteiger partial charge >= 0.3 is 0 Å². The maximum atomic E-state index is 11.8. The molecule has 12 nitrogen and oxygen atoms in total. The fourth-order valence-electron chi connectivity index (χ4n) is 13.3. The zero-order chi connectivity index (χ0) is 102. The molecular weight excluding hydrogens is 1580 g/mol. The van der Waals surface area contributed by atoms with Gasteiger partial charge in [0.25, 0.3) is 0 Å². The summed E-state index contributed by atoms with van der Waals surface area (Å²) >= 11 is 0. The standard InChI is InChI=1S/C22H38.C20H48N6.2C18H30.C15H27NO3.C14H24N2.C10H22/c1-19(2,3)15-13-17(21(7,8)9)18(22(10,11)12)14-16(15)20(4,5)6;1-17(2)21-9-11-25(15-23-19(5)6)13-14-26(16-24-20(7)8)12-10-22-18(3)4;1-16(2,3)13-10-14(17(4,5)6)12-15(11-13)18(7,8)9;1-16(2,3)13-10-11-14(17(4,5)6)15(12-13)18(7,8)9;1-10(2)13(17)7-16(8-14(18)11(3)4)9-15(19)12(5)6;1-9(2)11-8-12(14(5,6)7)16-13(15-11)10(3)4;1-9(2,3)7-8-10(4,5)6/h13-14H,1-12H3;17-24H,9-16H2,1-8H3;2*10-12H,1-9H3;10-12H,7-9H2,1-6H3;8-10H,1-7H3;7-8H2,1-6H3. The van der Waals surface area contributed by atoms with Crippen LogP contribution in [0.3, 0.4) is 0 Å². The van der Waals surface area contributed by atoms with Gasteiger partial charge in [-0.25, -0.2) is 9.97 Å². The van der Waals surface area contributed by atoms with Crippen LogP contribution in [0.25, 0.3) is 0 Å². The molecule has 0 bridgehead atoms. The number of carbonyl (C=O) groups excluding carboxylic acids is 3. The van der Waals surface area contributed by atoms with E-state index < -0.39 is 0 Å². The number of carbonyl (C=O) groups is 3. The molecular formula is C117H219N9O3. The number of hydrogen-bond donors (Lipinski definition) is 4. The predicted octanol–water partition coefficient (Wildman–Crippen LogP) is 29.4. The van der Waals surface area contributed by atoms with E-state index in [0.717, 1.165) is 69.8 Å². The first-order chi connectivity index (χ1) is 57.4. The normalized spacial score (nSPS) is 13.2. The second-order valence-electron chi connectivity index (χ2n) is 54.2. The van der Waals surface area contributed by atoms with Crippen molar-refractivity contribution in [3.63, 3.8) is 0 Å². The molecule has 0 radical (unpaired) electrons. The van der Waals surface area contributed by atoms with Crippen molar-refractivity contribution in [2.45, 2.75) is 503 Å². The zero-order valence-electron chi connectivity index (χ0n) is 96.5. The molecule has 0 aliphatic carbocycles. The largest absolute Gasteiger partial charge is 0.313 e. The van der Waals surface area contributed by atoms with Crippen LogP contribution in [0.15, 0.2) is 54.6 Å². The third-order valence-corrected chi connectivity index (χ3v) is 22.9. The molecule has 0 unspecified atom stereocenters. The fourth-order valence-corrected chi connectivity index (χ4v) is 13.3. The van der Waals surface area contributed by atoms with Crippen molar-refractivity contribution >= 4 is 17.3 Å². The maximum absolute atomic E-state index is 11.8. The Balaban J connectivity index is -0.00000145. The van der Waals surface area contributed by atoms with Gasteiger partial charge in [-0.1, -0.05) is 415 Å². The summed E-state index contributed by atoms with van der Waals surface area (Å²) in [6, 6.07) is 23.5. The smallest absolute Gasteiger partial charge is 0.149 e. The second-order valence-corrected chi connectivity index (χ2v) is 54.2. The van der Waals surface area contributed by atoms with Crippen molar-refractivity contribution in [2.24, 2.45) is 28.6 Å². The first kappa shape index (κ1) is 129. The highest BCUT2D eigenvalue weighted by Gasteiger charge is 2.35.